The molecule has 2 rings (SSSR count). The molecule has 1 saturated heterocycles. The van der Waals surface area contributed by atoms with Crippen LogP contribution in [0.3, 0.4) is 0 Å². The lowest BCUT2D eigenvalue weighted by atomic mass is 10.1. The summed E-state index contributed by atoms with van der Waals surface area (Å²) in [6.45, 7) is 3.95. The van der Waals surface area contributed by atoms with Gasteiger partial charge in [-0.25, -0.2) is 0 Å². The van der Waals surface area contributed by atoms with Crippen LogP contribution in [-0.2, 0) is 16.1 Å². The smallest absolute Gasteiger partial charge is 0.245 e. The lowest BCUT2D eigenvalue weighted by Crippen LogP contribution is -2.60. The van der Waals surface area contributed by atoms with E-state index in [9.17, 15) is 9.59 Å². The Morgan fingerprint density at radius 3 is 2.47 bits per heavy atom. The number of benzene rings is 1. The van der Waals surface area contributed by atoms with Gasteiger partial charge in [-0.15, -0.1) is 0 Å². The van der Waals surface area contributed by atoms with Crippen molar-refractivity contribution in [3.8, 4) is 0 Å². The Bertz CT molecular complexity index is 430. The Morgan fingerprint density at radius 1 is 1.18 bits per heavy atom. The maximum Gasteiger partial charge on any atom is 0.245 e. The van der Waals surface area contributed by atoms with Gasteiger partial charge < -0.3 is 10.2 Å². The molecule has 0 bridgehead atoms. The number of amides is 2. The van der Waals surface area contributed by atoms with Gasteiger partial charge in [0.2, 0.25) is 11.8 Å². The minimum atomic E-state index is -0.428. The molecule has 2 atom stereocenters. The topological polar surface area (TPSA) is 49.4 Å². The van der Waals surface area contributed by atoms with E-state index in [0.29, 0.717) is 6.54 Å². The Balaban J connectivity index is 2.18. The van der Waals surface area contributed by atoms with E-state index in [1.165, 1.54) is 0 Å². The molecule has 1 N–H and O–H groups in total. The first-order chi connectivity index (χ1) is 8.09. The predicted molar refractivity (Wildman–Crippen MR) is 64.1 cm³/mol. The predicted octanol–water partition coefficient (Wildman–Crippen LogP) is 0.922. The zero-order valence-electron chi connectivity index (χ0n) is 10.0. The van der Waals surface area contributed by atoms with Crippen molar-refractivity contribution in [1.82, 2.24) is 10.2 Å². The number of carbonyl (C=O) groups excluding carboxylic acids is 2. The van der Waals surface area contributed by atoms with E-state index >= 15 is 0 Å². The van der Waals surface area contributed by atoms with Gasteiger partial charge in [-0.3, -0.25) is 9.59 Å². The summed E-state index contributed by atoms with van der Waals surface area (Å²) < 4.78 is 0. The fourth-order valence-corrected chi connectivity index (χ4v) is 1.97. The van der Waals surface area contributed by atoms with Crippen molar-refractivity contribution >= 4 is 11.8 Å². The van der Waals surface area contributed by atoms with E-state index in [-0.39, 0.29) is 11.8 Å². The molecular formula is C13H16N2O2. The normalized spacial score (nSPS) is 24.7. The molecule has 1 fully saturated rings. The zero-order chi connectivity index (χ0) is 12.4. The van der Waals surface area contributed by atoms with E-state index < -0.39 is 12.1 Å². The van der Waals surface area contributed by atoms with Crippen LogP contribution in [0.25, 0.3) is 0 Å². The molecule has 17 heavy (non-hydrogen) atoms. The highest BCUT2D eigenvalue weighted by molar-refractivity contribution is 5.96. The Hall–Kier alpha value is -1.84. The third-order valence-corrected chi connectivity index (χ3v) is 3.05. The molecule has 0 spiro atoms. The quantitative estimate of drug-likeness (QED) is 0.824. The van der Waals surface area contributed by atoms with Crippen LogP contribution in [0.2, 0.25) is 0 Å². The molecule has 0 aliphatic carbocycles. The number of nitrogens with zero attached hydrogens (tertiary/aromatic N) is 1. The molecule has 90 valence electrons. The lowest BCUT2D eigenvalue weighted by Gasteiger charge is -2.36. The van der Waals surface area contributed by atoms with Crippen LogP contribution in [0, 0.1) is 0 Å². The Labute approximate surface area is 101 Å². The summed E-state index contributed by atoms with van der Waals surface area (Å²) in [5.41, 5.74) is 1.04. The molecule has 1 aromatic carbocycles. The van der Waals surface area contributed by atoms with E-state index in [1.807, 2.05) is 30.3 Å². The van der Waals surface area contributed by atoms with Gasteiger partial charge in [-0.05, 0) is 19.4 Å². The highest BCUT2D eigenvalue weighted by Crippen LogP contribution is 2.14. The number of hydrogen-bond acceptors (Lipinski definition) is 2. The maximum atomic E-state index is 12.0. The number of nitrogens with one attached hydrogen (secondary N) is 1. The van der Waals surface area contributed by atoms with Crippen LogP contribution in [-0.4, -0.2) is 28.8 Å². The van der Waals surface area contributed by atoms with Gasteiger partial charge in [0.25, 0.3) is 0 Å². The molecule has 0 unspecified atom stereocenters. The fraction of sp³-hybridized carbons (Fsp3) is 0.385. The summed E-state index contributed by atoms with van der Waals surface area (Å²) >= 11 is 0. The maximum absolute atomic E-state index is 12.0. The summed E-state index contributed by atoms with van der Waals surface area (Å²) in [4.78, 5) is 25.3. The van der Waals surface area contributed by atoms with Crippen molar-refractivity contribution in [2.24, 2.45) is 0 Å². The molecule has 1 heterocycles. The number of piperazine rings is 1. The van der Waals surface area contributed by atoms with E-state index in [4.69, 9.17) is 0 Å². The van der Waals surface area contributed by atoms with Crippen LogP contribution in [0.5, 0.6) is 0 Å². The first-order valence-electron chi connectivity index (χ1n) is 5.74. The van der Waals surface area contributed by atoms with Gasteiger partial charge in [-0.1, -0.05) is 30.3 Å². The highest BCUT2D eigenvalue weighted by Gasteiger charge is 2.35. The standard InChI is InChI=1S/C13H16N2O2/c1-9-13(17)15(10(2)12(16)14-9)8-11-6-4-3-5-7-11/h3-7,9-10H,8H2,1-2H3,(H,14,16)/t9-,10+/m1/s1. The molecule has 4 nitrogen and oxygen atoms in total. The minimum Gasteiger partial charge on any atom is -0.343 e. The van der Waals surface area contributed by atoms with Crippen molar-refractivity contribution in [3.63, 3.8) is 0 Å². The van der Waals surface area contributed by atoms with Gasteiger partial charge in [0, 0.05) is 6.54 Å². The second-order valence-corrected chi connectivity index (χ2v) is 4.36. The summed E-state index contributed by atoms with van der Waals surface area (Å²) in [5, 5.41) is 2.66. The van der Waals surface area contributed by atoms with Gasteiger partial charge in [0.15, 0.2) is 0 Å². The SMILES string of the molecule is C[C@H]1NC(=O)[C@H](C)N(Cc2ccccc2)C1=O. The monoisotopic (exact) mass is 232 g/mol. The van der Waals surface area contributed by atoms with Crippen LogP contribution in [0.4, 0.5) is 0 Å². The first kappa shape index (κ1) is 11.6. The van der Waals surface area contributed by atoms with Crippen LogP contribution in [0.1, 0.15) is 19.4 Å². The average molecular weight is 232 g/mol. The molecule has 1 aliphatic rings. The minimum absolute atomic E-state index is 0.0269. The summed E-state index contributed by atoms with van der Waals surface area (Å²) in [7, 11) is 0. The van der Waals surface area contributed by atoms with Crippen LogP contribution in [0.15, 0.2) is 30.3 Å². The van der Waals surface area contributed by atoms with Gasteiger partial charge >= 0.3 is 0 Å². The summed E-state index contributed by atoms with van der Waals surface area (Å²) in [6, 6.07) is 8.87. The molecule has 0 radical (unpaired) electrons. The lowest BCUT2D eigenvalue weighted by molar-refractivity contribution is -0.148. The fourth-order valence-electron chi connectivity index (χ4n) is 1.97. The second kappa shape index (κ2) is 4.57. The third-order valence-electron chi connectivity index (χ3n) is 3.05. The Morgan fingerprint density at radius 2 is 1.82 bits per heavy atom. The van der Waals surface area contributed by atoms with Crippen LogP contribution < -0.4 is 5.32 Å². The molecule has 0 aromatic heterocycles. The first-order valence-corrected chi connectivity index (χ1v) is 5.74. The number of carbonyl (C=O) groups is 2. The van der Waals surface area contributed by atoms with Crippen molar-refractivity contribution in [3.05, 3.63) is 35.9 Å². The molecule has 4 heteroatoms. The third kappa shape index (κ3) is 2.30. The summed E-state index contributed by atoms with van der Waals surface area (Å²) in [6.07, 6.45) is 0. The molecular weight excluding hydrogens is 216 g/mol. The molecule has 1 aliphatic heterocycles. The van der Waals surface area contributed by atoms with Crippen molar-refractivity contribution in [2.75, 3.05) is 0 Å². The number of hydrogen-bond donors (Lipinski definition) is 1. The van der Waals surface area contributed by atoms with Crippen molar-refractivity contribution in [1.29, 1.82) is 0 Å². The van der Waals surface area contributed by atoms with E-state index in [0.717, 1.165) is 5.56 Å². The molecule has 1 aromatic rings. The van der Waals surface area contributed by atoms with Gasteiger partial charge in [0.05, 0.1) is 0 Å². The van der Waals surface area contributed by atoms with Crippen molar-refractivity contribution < 1.29 is 9.59 Å². The average Bonchev–Trinajstić information content (AvgIpc) is 2.33. The van der Waals surface area contributed by atoms with E-state index in [1.54, 1.807) is 18.7 Å². The second-order valence-electron chi connectivity index (χ2n) is 4.36. The largest absolute Gasteiger partial charge is 0.343 e. The number of rotatable bonds is 2. The highest BCUT2D eigenvalue weighted by atomic mass is 16.2. The van der Waals surface area contributed by atoms with Crippen LogP contribution >= 0.6 is 0 Å². The van der Waals surface area contributed by atoms with Gasteiger partial charge in [0.1, 0.15) is 12.1 Å². The van der Waals surface area contributed by atoms with Gasteiger partial charge in [-0.2, -0.15) is 0 Å². The Kier molecular flexibility index (Phi) is 3.13. The molecule has 0 saturated carbocycles. The zero-order valence-corrected chi connectivity index (χ0v) is 10.0. The van der Waals surface area contributed by atoms with Crippen molar-refractivity contribution in [2.45, 2.75) is 32.5 Å². The van der Waals surface area contributed by atoms with E-state index in [2.05, 4.69) is 5.32 Å². The summed E-state index contributed by atoms with van der Waals surface area (Å²) in [5.74, 6) is -0.117. The molecule has 2 amide bonds.